The number of unbranched alkanes of at least 4 members (excludes halogenated alkanes) is 1. The summed E-state index contributed by atoms with van der Waals surface area (Å²) in [6, 6.07) is 0. The van der Waals surface area contributed by atoms with E-state index in [9.17, 15) is 0 Å². The molecule has 0 atom stereocenters. The molecule has 0 aliphatic heterocycles. The molecule has 0 spiro atoms. The van der Waals surface area contributed by atoms with Crippen LogP contribution in [0.1, 0.15) is 40.5 Å². The predicted molar refractivity (Wildman–Crippen MR) is 62.3 cm³/mol. The van der Waals surface area contributed by atoms with Gasteiger partial charge in [-0.3, -0.25) is 0 Å². The van der Waals surface area contributed by atoms with Crippen LogP contribution in [0.4, 0.5) is 4.79 Å². The maximum atomic E-state index is 8.56. The fraction of sp³-hybridized carbons (Fsp3) is 0.909. The van der Waals surface area contributed by atoms with Crippen LogP contribution in [0.5, 0.6) is 0 Å². The normalized spacial score (nSPS) is 10.4. The lowest BCUT2D eigenvalue weighted by Crippen LogP contribution is -2.48. The second-order valence-electron chi connectivity index (χ2n) is 3.65. The molecule has 4 nitrogen and oxygen atoms in total. The first-order chi connectivity index (χ1) is 6.97. The SMILES string of the molecule is CCCC[N+](CC)(CC)CC.O=C(O)O. The van der Waals surface area contributed by atoms with Crippen molar-refractivity contribution in [2.24, 2.45) is 0 Å². The topological polar surface area (TPSA) is 57.5 Å². The van der Waals surface area contributed by atoms with Crippen molar-refractivity contribution in [1.29, 1.82) is 0 Å². The van der Waals surface area contributed by atoms with Crippen molar-refractivity contribution >= 4 is 6.16 Å². The molecular formula is C11H26NO3+. The van der Waals surface area contributed by atoms with Gasteiger partial charge in [-0.2, -0.15) is 0 Å². The first-order valence-electron chi connectivity index (χ1n) is 5.74. The van der Waals surface area contributed by atoms with Crippen LogP contribution < -0.4 is 0 Å². The molecule has 0 fully saturated rings. The highest BCUT2D eigenvalue weighted by atomic mass is 16.6. The molecule has 0 heterocycles. The smallest absolute Gasteiger partial charge is 0.450 e. The van der Waals surface area contributed by atoms with Gasteiger partial charge in [-0.05, 0) is 27.2 Å². The molecule has 0 aliphatic carbocycles. The maximum Gasteiger partial charge on any atom is 0.503 e. The third-order valence-electron chi connectivity index (χ3n) is 3.00. The van der Waals surface area contributed by atoms with Crippen LogP contribution >= 0.6 is 0 Å². The molecule has 92 valence electrons. The van der Waals surface area contributed by atoms with Crippen molar-refractivity contribution in [2.75, 3.05) is 26.2 Å². The monoisotopic (exact) mass is 220 g/mol. The minimum atomic E-state index is -1.83. The fourth-order valence-electron chi connectivity index (χ4n) is 1.64. The summed E-state index contributed by atoms with van der Waals surface area (Å²) in [7, 11) is 0. The van der Waals surface area contributed by atoms with Crippen molar-refractivity contribution < 1.29 is 19.5 Å². The Balaban J connectivity index is 0. The lowest BCUT2D eigenvalue weighted by atomic mass is 10.2. The van der Waals surface area contributed by atoms with Crippen LogP contribution in [-0.4, -0.2) is 47.0 Å². The highest BCUT2D eigenvalue weighted by Crippen LogP contribution is 2.07. The molecule has 0 rings (SSSR count). The summed E-state index contributed by atoms with van der Waals surface area (Å²) in [6.07, 6.45) is 0.884. The quantitative estimate of drug-likeness (QED) is 0.677. The first kappa shape index (κ1) is 16.7. The molecule has 0 saturated heterocycles. The Hall–Kier alpha value is -0.770. The molecule has 4 heteroatoms. The third kappa shape index (κ3) is 9.53. The number of carboxylic acid groups (broad SMARTS) is 2. The first-order valence-corrected chi connectivity index (χ1v) is 5.74. The Bertz CT molecular complexity index is 144. The Labute approximate surface area is 93.1 Å². The average molecular weight is 220 g/mol. The van der Waals surface area contributed by atoms with E-state index in [0.29, 0.717) is 0 Å². The van der Waals surface area contributed by atoms with E-state index in [0.717, 1.165) is 0 Å². The van der Waals surface area contributed by atoms with Gasteiger partial charge in [0.1, 0.15) is 0 Å². The van der Waals surface area contributed by atoms with Crippen molar-refractivity contribution in [3.8, 4) is 0 Å². The third-order valence-corrected chi connectivity index (χ3v) is 3.00. The van der Waals surface area contributed by atoms with E-state index in [2.05, 4.69) is 27.7 Å². The highest BCUT2D eigenvalue weighted by molar-refractivity contribution is 5.53. The summed E-state index contributed by atoms with van der Waals surface area (Å²) >= 11 is 0. The molecule has 0 aromatic carbocycles. The highest BCUT2D eigenvalue weighted by Gasteiger charge is 2.18. The Morgan fingerprint density at radius 1 is 1.00 bits per heavy atom. The molecule has 15 heavy (non-hydrogen) atoms. The zero-order valence-corrected chi connectivity index (χ0v) is 10.5. The summed E-state index contributed by atoms with van der Waals surface area (Å²) in [6.45, 7) is 14.5. The molecular weight excluding hydrogens is 194 g/mol. The van der Waals surface area contributed by atoms with E-state index in [1.807, 2.05) is 0 Å². The predicted octanol–water partition coefficient (Wildman–Crippen LogP) is 2.89. The molecule has 0 saturated carbocycles. The van der Waals surface area contributed by atoms with E-state index < -0.39 is 6.16 Å². The van der Waals surface area contributed by atoms with Gasteiger partial charge in [0.25, 0.3) is 0 Å². The van der Waals surface area contributed by atoms with Crippen molar-refractivity contribution in [1.82, 2.24) is 0 Å². The minimum absolute atomic E-state index is 1.30. The van der Waals surface area contributed by atoms with Gasteiger partial charge in [0.05, 0.1) is 26.2 Å². The number of quaternary nitrogens is 1. The molecule has 2 N–H and O–H groups in total. The summed E-state index contributed by atoms with van der Waals surface area (Å²) < 4.78 is 1.31. The summed E-state index contributed by atoms with van der Waals surface area (Å²) in [5.41, 5.74) is 0. The largest absolute Gasteiger partial charge is 0.503 e. The van der Waals surface area contributed by atoms with Crippen LogP contribution in [0.2, 0.25) is 0 Å². The van der Waals surface area contributed by atoms with Crippen LogP contribution in [-0.2, 0) is 0 Å². The van der Waals surface area contributed by atoms with Gasteiger partial charge in [-0.25, -0.2) is 4.79 Å². The molecule has 0 aromatic heterocycles. The van der Waals surface area contributed by atoms with Gasteiger partial charge in [0.2, 0.25) is 0 Å². The summed E-state index contributed by atoms with van der Waals surface area (Å²) in [5, 5.41) is 13.9. The zero-order chi connectivity index (χ0) is 12.3. The van der Waals surface area contributed by atoms with E-state index in [1.54, 1.807) is 0 Å². The summed E-state index contributed by atoms with van der Waals surface area (Å²) in [5.74, 6) is 0. The van der Waals surface area contributed by atoms with Crippen molar-refractivity contribution in [3.05, 3.63) is 0 Å². The molecule has 0 bridgehead atoms. The average Bonchev–Trinajstić information content (AvgIpc) is 2.20. The summed E-state index contributed by atoms with van der Waals surface area (Å²) in [4.78, 5) is 8.56. The second kappa shape index (κ2) is 9.77. The van der Waals surface area contributed by atoms with Gasteiger partial charge in [-0.1, -0.05) is 13.3 Å². The van der Waals surface area contributed by atoms with E-state index in [1.165, 1.54) is 43.5 Å². The van der Waals surface area contributed by atoms with Crippen molar-refractivity contribution in [3.63, 3.8) is 0 Å². The lowest BCUT2D eigenvalue weighted by molar-refractivity contribution is -0.923. The molecule has 0 radical (unpaired) electrons. The lowest BCUT2D eigenvalue weighted by Gasteiger charge is -2.35. The van der Waals surface area contributed by atoms with Gasteiger partial charge < -0.3 is 14.7 Å². The van der Waals surface area contributed by atoms with Crippen LogP contribution in [0.25, 0.3) is 0 Å². The van der Waals surface area contributed by atoms with Crippen LogP contribution in [0, 0.1) is 0 Å². The van der Waals surface area contributed by atoms with Gasteiger partial charge in [0.15, 0.2) is 0 Å². The van der Waals surface area contributed by atoms with Crippen LogP contribution in [0.3, 0.4) is 0 Å². The minimum Gasteiger partial charge on any atom is -0.450 e. The Morgan fingerprint density at radius 2 is 1.33 bits per heavy atom. The molecule has 0 aliphatic rings. The molecule has 0 unspecified atom stereocenters. The molecule has 0 aromatic rings. The van der Waals surface area contributed by atoms with Gasteiger partial charge in [-0.15, -0.1) is 0 Å². The standard InChI is InChI=1S/C10H24N.CH2O3/c1-5-9-10-11(6-2,7-3)8-4;2-1(3)4/h5-10H2,1-4H3;(H2,2,3,4)/q+1;. The maximum absolute atomic E-state index is 8.56. The number of carbonyl (C=O) groups is 1. The number of nitrogens with zero attached hydrogens (tertiary/aromatic N) is 1. The molecule has 0 amide bonds. The number of hydrogen-bond donors (Lipinski definition) is 2. The van der Waals surface area contributed by atoms with Crippen LogP contribution in [0.15, 0.2) is 0 Å². The fourth-order valence-corrected chi connectivity index (χ4v) is 1.64. The second-order valence-corrected chi connectivity index (χ2v) is 3.65. The van der Waals surface area contributed by atoms with Gasteiger partial charge in [0, 0.05) is 0 Å². The Kier molecular flexibility index (Phi) is 10.8. The van der Waals surface area contributed by atoms with Crippen molar-refractivity contribution in [2.45, 2.75) is 40.5 Å². The van der Waals surface area contributed by atoms with E-state index in [4.69, 9.17) is 15.0 Å². The van der Waals surface area contributed by atoms with E-state index in [-0.39, 0.29) is 0 Å². The Morgan fingerprint density at radius 3 is 1.53 bits per heavy atom. The van der Waals surface area contributed by atoms with E-state index >= 15 is 0 Å². The zero-order valence-electron chi connectivity index (χ0n) is 10.5. The van der Waals surface area contributed by atoms with Gasteiger partial charge >= 0.3 is 6.16 Å². The number of hydrogen-bond acceptors (Lipinski definition) is 1. The number of rotatable bonds is 6.